The lowest BCUT2D eigenvalue weighted by Gasteiger charge is -2.31. The van der Waals surface area contributed by atoms with E-state index in [1.54, 1.807) is 18.2 Å². The van der Waals surface area contributed by atoms with Crippen molar-refractivity contribution in [3.63, 3.8) is 0 Å². The van der Waals surface area contributed by atoms with Crippen LogP contribution in [0.1, 0.15) is 70.8 Å². The monoisotopic (exact) mass is 605 g/mol. The number of rotatable bonds is 13. The number of ether oxygens (including phenoxy) is 3. The molecular formula is C32H36FN5O4S. The summed E-state index contributed by atoms with van der Waals surface area (Å²) in [5, 5.41) is 8.94. The molecule has 0 radical (unpaired) electrons. The molecule has 4 heterocycles. The van der Waals surface area contributed by atoms with Crippen LogP contribution in [0, 0.1) is 17.1 Å². The molecule has 11 heteroatoms. The minimum Gasteiger partial charge on any atom is -0.473 e. The average Bonchev–Trinajstić information content (AvgIpc) is 3.58. The van der Waals surface area contributed by atoms with Crippen LogP contribution < -0.4 is 4.74 Å². The van der Waals surface area contributed by atoms with Gasteiger partial charge in [0.2, 0.25) is 5.88 Å². The third-order valence-electron chi connectivity index (χ3n) is 7.69. The Morgan fingerprint density at radius 1 is 1.16 bits per heavy atom. The minimum atomic E-state index is -0.462. The molecule has 0 bridgehead atoms. The number of methoxy groups -OCH3 is 1. The van der Waals surface area contributed by atoms with Crippen LogP contribution in [0.2, 0.25) is 0 Å². The molecule has 0 atom stereocenters. The quantitative estimate of drug-likeness (QED) is 0.134. The molecule has 0 amide bonds. The number of nitriles is 1. The van der Waals surface area contributed by atoms with Gasteiger partial charge in [0.25, 0.3) is 0 Å². The number of hydrogen-bond donors (Lipinski definition) is 0. The van der Waals surface area contributed by atoms with Gasteiger partial charge in [-0.2, -0.15) is 5.26 Å². The molecule has 0 N–H and O–H groups in total. The van der Waals surface area contributed by atoms with E-state index in [0.717, 1.165) is 67.2 Å². The van der Waals surface area contributed by atoms with E-state index in [1.807, 2.05) is 24.3 Å². The Hall–Kier alpha value is -3.85. The second-order valence-electron chi connectivity index (χ2n) is 10.6. The molecule has 0 saturated carbocycles. The van der Waals surface area contributed by atoms with Crippen LogP contribution in [0.25, 0.3) is 10.3 Å². The number of nitrogens with zero attached hydrogens (tertiary/aromatic N) is 5. The van der Waals surface area contributed by atoms with Gasteiger partial charge >= 0.3 is 5.97 Å². The van der Waals surface area contributed by atoms with Crippen LogP contribution in [-0.2, 0) is 29.2 Å². The summed E-state index contributed by atoms with van der Waals surface area (Å²) < 4.78 is 33.0. The van der Waals surface area contributed by atoms with Gasteiger partial charge in [-0.15, -0.1) is 11.3 Å². The number of pyridine rings is 1. The van der Waals surface area contributed by atoms with E-state index in [0.29, 0.717) is 41.9 Å². The van der Waals surface area contributed by atoms with Gasteiger partial charge in [-0.05, 0) is 56.6 Å². The van der Waals surface area contributed by atoms with Crippen molar-refractivity contribution in [1.82, 2.24) is 19.4 Å². The predicted octanol–water partition coefficient (Wildman–Crippen LogP) is 6.07. The fourth-order valence-corrected chi connectivity index (χ4v) is 6.22. The van der Waals surface area contributed by atoms with Gasteiger partial charge in [-0.25, -0.2) is 19.2 Å². The molecule has 4 aromatic rings. The zero-order valence-electron chi connectivity index (χ0n) is 24.6. The highest BCUT2D eigenvalue weighted by Crippen LogP contribution is 2.31. The molecule has 1 aliphatic rings. The number of carbonyl (C=O) groups excluding carboxylic acids is 1. The molecule has 226 valence electrons. The number of imidazole rings is 1. The summed E-state index contributed by atoms with van der Waals surface area (Å²) in [5.41, 5.74) is 2.57. The Labute approximate surface area is 254 Å². The van der Waals surface area contributed by atoms with Gasteiger partial charge in [-0.1, -0.05) is 25.5 Å². The Kier molecular flexibility index (Phi) is 10.4. The van der Waals surface area contributed by atoms with Crippen molar-refractivity contribution in [2.75, 3.05) is 33.4 Å². The maximum Gasteiger partial charge on any atom is 0.348 e. The lowest BCUT2D eigenvalue weighted by Crippen LogP contribution is -2.33. The fraction of sp³-hybridized carbons (Fsp3) is 0.438. The summed E-state index contributed by atoms with van der Waals surface area (Å²) in [6.07, 6.45) is 4.02. The summed E-state index contributed by atoms with van der Waals surface area (Å²) in [6, 6.07) is 13.9. The Morgan fingerprint density at radius 3 is 2.74 bits per heavy atom. The van der Waals surface area contributed by atoms with E-state index < -0.39 is 5.82 Å². The van der Waals surface area contributed by atoms with Crippen molar-refractivity contribution < 1.29 is 23.4 Å². The van der Waals surface area contributed by atoms with Gasteiger partial charge < -0.3 is 18.8 Å². The van der Waals surface area contributed by atoms with Crippen molar-refractivity contribution >= 4 is 27.7 Å². The number of aromatic nitrogens is 3. The normalized spacial score (nSPS) is 14.2. The van der Waals surface area contributed by atoms with Crippen LogP contribution in [-0.4, -0.2) is 58.8 Å². The Balaban J connectivity index is 1.20. The molecule has 0 spiro atoms. The number of esters is 1. The van der Waals surface area contributed by atoms with E-state index in [1.165, 1.54) is 24.5 Å². The largest absolute Gasteiger partial charge is 0.473 e. The second kappa shape index (κ2) is 14.6. The molecule has 1 aliphatic heterocycles. The number of benzene rings is 1. The molecule has 5 rings (SSSR count). The molecular weight excluding hydrogens is 569 g/mol. The second-order valence-corrected chi connectivity index (χ2v) is 11.6. The first-order chi connectivity index (χ1) is 21.0. The molecule has 9 nitrogen and oxygen atoms in total. The fourth-order valence-electron chi connectivity index (χ4n) is 5.25. The van der Waals surface area contributed by atoms with Crippen molar-refractivity contribution in [3.05, 3.63) is 75.8 Å². The highest BCUT2D eigenvalue weighted by Gasteiger charge is 2.25. The number of halogens is 1. The van der Waals surface area contributed by atoms with Gasteiger partial charge in [-0.3, -0.25) is 4.90 Å². The topological polar surface area (TPSA) is 103 Å². The standard InChI is InChI=1S/C32H36FN5O4S/c1-3-4-15-41-16-14-38-27-18-28(32(39)40-2)43-31(27)36-29(38)20-37-12-10-23(11-13-37)26-6-5-7-30(35-26)42-21-24-9-8-22(19-34)17-25(24)33/h5-9,17-18,23H,3-4,10-16,20-21H2,1-2H3. The van der Waals surface area contributed by atoms with E-state index in [2.05, 4.69) is 16.4 Å². The summed E-state index contributed by atoms with van der Waals surface area (Å²) in [7, 11) is 1.39. The van der Waals surface area contributed by atoms with Gasteiger partial charge in [0.05, 0.1) is 37.4 Å². The third kappa shape index (κ3) is 7.57. The molecule has 3 aromatic heterocycles. The number of carbonyl (C=O) groups is 1. The summed E-state index contributed by atoms with van der Waals surface area (Å²) in [5.74, 6) is 0.916. The maximum absolute atomic E-state index is 14.3. The molecule has 1 saturated heterocycles. The average molecular weight is 606 g/mol. The maximum atomic E-state index is 14.3. The summed E-state index contributed by atoms with van der Waals surface area (Å²) >= 11 is 1.36. The van der Waals surface area contributed by atoms with Crippen LogP contribution >= 0.6 is 11.3 Å². The number of unbranched alkanes of at least 4 members (excludes halogenated alkanes) is 1. The van der Waals surface area contributed by atoms with E-state index in [-0.39, 0.29) is 18.1 Å². The number of piperidine rings is 1. The predicted molar refractivity (Wildman–Crippen MR) is 162 cm³/mol. The Morgan fingerprint density at radius 2 is 2.00 bits per heavy atom. The SMILES string of the molecule is CCCCOCCn1c(CN2CCC(c3cccc(OCc4ccc(C#N)cc4F)n3)CC2)nc2sc(C(=O)OC)cc21. The molecule has 1 fully saturated rings. The molecule has 0 unspecified atom stereocenters. The van der Waals surface area contributed by atoms with Gasteiger partial charge in [0.1, 0.15) is 28.0 Å². The third-order valence-corrected chi connectivity index (χ3v) is 8.69. The zero-order valence-corrected chi connectivity index (χ0v) is 25.4. The van der Waals surface area contributed by atoms with Crippen LogP contribution in [0.15, 0.2) is 42.5 Å². The molecule has 43 heavy (non-hydrogen) atoms. The molecule has 0 aliphatic carbocycles. The molecule has 1 aromatic carbocycles. The van der Waals surface area contributed by atoms with Crippen LogP contribution in [0.4, 0.5) is 4.39 Å². The lowest BCUT2D eigenvalue weighted by atomic mass is 9.93. The number of thiophene rings is 1. The Bertz CT molecular complexity index is 1590. The van der Waals surface area contributed by atoms with E-state index in [9.17, 15) is 9.18 Å². The highest BCUT2D eigenvalue weighted by atomic mass is 32.1. The number of fused-ring (bicyclic) bond motifs is 1. The van der Waals surface area contributed by atoms with Crippen molar-refractivity contribution in [2.45, 2.75) is 58.2 Å². The van der Waals surface area contributed by atoms with Crippen molar-refractivity contribution in [3.8, 4) is 11.9 Å². The highest BCUT2D eigenvalue weighted by molar-refractivity contribution is 7.20. The van der Waals surface area contributed by atoms with E-state index >= 15 is 0 Å². The van der Waals surface area contributed by atoms with Crippen molar-refractivity contribution in [2.24, 2.45) is 0 Å². The minimum absolute atomic E-state index is 0.0430. The van der Waals surface area contributed by atoms with Gasteiger partial charge in [0, 0.05) is 36.4 Å². The van der Waals surface area contributed by atoms with Gasteiger partial charge in [0.15, 0.2) is 0 Å². The summed E-state index contributed by atoms with van der Waals surface area (Å²) in [4.78, 5) is 25.5. The van der Waals surface area contributed by atoms with Crippen LogP contribution in [0.3, 0.4) is 0 Å². The first-order valence-electron chi connectivity index (χ1n) is 14.6. The zero-order chi connectivity index (χ0) is 30.2. The lowest BCUT2D eigenvalue weighted by molar-refractivity contribution is 0.0606. The first-order valence-corrected chi connectivity index (χ1v) is 15.5. The summed E-state index contributed by atoms with van der Waals surface area (Å²) in [6.45, 7) is 6.69. The van der Waals surface area contributed by atoms with Crippen LogP contribution in [0.5, 0.6) is 5.88 Å². The first kappa shape index (κ1) is 30.6. The smallest absolute Gasteiger partial charge is 0.348 e. The van der Waals surface area contributed by atoms with Crippen molar-refractivity contribution in [1.29, 1.82) is 5.26 Å². The number of hydrogen-bond acceptors (Lipinski definition) is 9. The van der Waals surface area contributed by atoms with E-state index in [4.69, 9.17) is 29.4 Å². The number of likely N-dealkylation sites (tertiary alicyclic amines) is 1.